The number of hydrogen-bond acceptors (Lipinski definition) is 7. The molecule has 48 heavy (non-hydrogen) atoms. The number of fused-ring (bicyclic) bond motifs is 3. The van der Waals surface area contributed by atoms with Crippen molar-refractivity contribution >= 4 is 44.9 Å². The number of aromatic nitrogens is 1. The third kappa shape index (κ3) is 5.80. The molecule has 1 aromatic heterocycles. The lowest BCUT2D eigenvalue weighted by atomic mass is 9.91. The molecule has 0 unspecified atom stereocenters. The van der Waals surface area contributed by atoms with E-state index in [0.29, 0.717) is 45.3 Å². The highest BCUT2D eigenvalue weighted by Crippen LogP contribution is 2.35. The minimum absolute atomic E-state index is 0.214. The highest BCUT2D eigenvalue weighted by molar-refractivity contribution is 7.07. The van der Waals surface area contributed by atoms with Gasteiger partial charge >= 0.3 is 5.97 Å². The van der Waals surface area contributed by atoms with E-state index in [0.717, 1.165) is 38.2 Å². The molecule has 1 aliphatic heterocycles. The van der Waals surface area contributed by atoms with E-state index in [4.69, 9.17) is 19.2 Å². The second-order valence-electron chi connectivity index (χ2n) is 11.4. The van der Waals surface area contributed by atoms with Gasteiger partial charge in [-0.1, -0.05) is 102 Å². The number of benzene rings is 5. The SMILES string of the molecule is CCOC(=O)C1=C(C)N=c2s/c(=C/c3ccc(OCc4cccc5ccccc45)c(OCC)c3)c(=O)n2[C@H]1c1cccc2ccccc12. The summed E-state index contributed by atoms with van der Waals surface area (Å²) in [5.41, 5.74) is 3.36. The van der Waals surface area contributed by atoms with E-state index in [1.807, 2.05) is 91.9 Å². The monoisotopic (exact) mass is 654 g/mol. The zero-order valence-corrected chi connectivity index (χ0v) is 27.8. The number of ether oxygens (including phenoxy) is 3. The largest absolute Gasteiger partial charge is 0.490 e. The molecule has 0 N–H and O–H groups in total. The molecule has 0 radical (unpaired) electrons. The van der Waals surface area contributed by atoms with E-state index in [1.54, 1.807) is 18.4 Å². The maximum Gasteiger partial charge on any atom is 0.338 e. The zero-order valence-electron chi connectivity index (χ0n) is 26.9. The number of thiazole rings is 1. The number of nitrogens with zero attached hydrogens (tertiary/aromatic N) is 2. The van der Waals surface area contributed by atoms with Crippen LogP contribution < -0.4 is 24.4 Å². The highest BCUT2D eigenvalue weighted by atomic mass is 32.1. The molecule has 2 heterocycles. The number of rotatable bonds is 9. The molecule has 240 valence electrons. The van der Waals surface area contributed by atoms with Gasteiger partial charge in [0.15, 0.2) is 16.3 Å². The zero-order chi connectivity index (χ0) is 33.2. The van der Waals surface area contributed by atoms with E-state index >= 15 is 0 Å². The van der Waals surface area contributed by atoms with Gasteiger partial charge in [0.2, 0.25) is 0 Å². The van der Waals surface area contributed by atoms with Crippen LogP contribution in [0.4, 0.5) is 0 Å². The van der Waals surface area contributed by atoms with Gasteiger partial charge in [0.05, 0.1) is 35.1 Å². The fourth-order valence-electron chi connectivity index (χ4n) is 6.30. The Hall–Kier alpha value is -5.47. The van der Waals surface area contributed by atoms with Crippen molar-refractivity contribution in [1.29, 1.82) is 0 Å². The molecule has 0 saturated carbocycles. The Balaban J connectivity index is 1.29. The molecule has 7 rings (SSSR count). The molecule has 7 nitrogen and oxygen atoms in total. The van der Waals surface area contributed by atoms with E-state index in [1.165, 1.54) is 11.3 Å². The molecule has 8 heteroatoms. The Bertz CT molecular complexity index is 2390. The fraction of sp³-hybridized carbons (Fsp3) is 0.175. The van der Waals surface area contributed by atoms with Crippen molar-refractivity contribution in [3.63, 3.8) is 0 Å². The maximum absolute atomic E-state index is 14.3. The molecule has 1 aliphatic rings. The van der Waals surface area contributed by atoms with Gasteiger partial charge in [0, 0.05) is 0 Å². The van der Waals surface area contributed by atoms with Crippen LogP contribution in [0.3, 0.4) is 0 Å². The van der Waals surface area contributed by atoms with Crippen LogP contribution in [-0.2, 0) is 16.1 Å². The summed E-state index contributed by atoms with van der Waals surface area (Å²) in [7, 11) is 0. The van der Waals surface area contributed by atoms with Gasteiger partial charge in [-0.2, -0.15) is 0 Å². The molecule has 5 aromatic carbocycles. The van der Waals surface area contributed by atoms with E-state index in [-0.39, 0.29) is 12.2 Å². The van der Waals surface area contributed by atoms with Gasteiger partial charge in [0.25, 0.3) is 5.56 Å². The van der Waals surface area contributed by atoms with Crippen LogP contribution in [0, 0.1) is 0 Å². The topological polar surface area (TPSA) is 79.1 Å². The van der Waals surface area contributed by atoms with Gasteiger partial charge in [-0.05, 0) is 77.2 Å². The Morgan fingerprint density at radius 1 is 0.833 bits per heavy atom. The third-order valence-electron chi connectivity index (χ3n) is 8.46. The minimum Gasteiger partial charge on any atom is -0.490 e. The normalized spacial score (nSPS) is 14.6. The van der Waals surface area contributed by atoms with E-state index in [9.17, 15) is 9.59 Å². The molecule has 0 spiro atoms. The maximum atomic E-state index is 14.3. The Kier molecular flexibility index (Phi) is 8.65. The van der Waals surface area contributed by atoms with Crippen molar-refractivity contribution in [3.05, 3.63) is 151 Å². The van der Waals surface area contributed by atoms with Gasteiger partial charge in [0.1, 0.15) is 6.61 Å². The Labute approximate surface area is 281 Å². The standard InChI is InChI=1S/C40H34N2O5S/c1-4-45-34-22-26(20-21-33(34)47-24-29-16-10-14-27-12-6-8-17-30(27)29)23-35-38(43)42-37(32-19-11-15-28-13-7-9-18-31(28)32)36(39(44)46-5-2)25(3)41-40(42)48-35/h6-23,37H,4-5,24H2,1-3H3/b35-23+/t37-/m0/s1. The summed E-state index contributed by atoms with van der Waals surface area (Å²) in [6, 6.07) is 33.3. The Morgan fingerprint density at radius 3 is 2.31 bits per heavy atom. The second-order valence-corrected chi connectivity index (χ2v) is 12.4. The van der Waals surface area contributed by atoms with Crippen LogP contribution in [0.1, 0.15) is 43.5 Å². The van der Waals surface area contributed by atoms with Crippen molar-refractivity contribution < 1.29 is 19.0 Å². The third-order valence-corrected chi connectivity index (χ3v) is 9.45. The molecule has 1 atom stereocenters. The van der Waals surface area contributed by atoms with Crippen molar-refractivity contribution in [2.75, 3.05) is 13.2 Å². The molecule has 0 saturated heterocycles. The van der Waals surface area contributed by atoms with Gasteiger partial charge in [-0.15, -0.1) is 0 Å². The van der Waals surface area contributed by atoms with Crippen LogP contribution >= 0.6 is 11.3 Å². The molecule has 0 amide bonds. The molecule has 0 bridgehead atoms. The first kappa shape index (κ1) is 31.1. The lowest BCUT2D eigenvalue weighted by Crippen LogP contribution is -2.40. The smallest absolute Gasteiger partial charge is 0.338 e. The van der Waals surface area contributed by atoms with E-state index in [2.05, 4.69) is 24.3 Å². The van der Waals surface area contributed by atoms with Crippen molar-refractivity contribution in [2.45, 2.75) is 33.4 Å². The first-order chi connectivity index (χ1) is 23.5. The van der Waals surface area contributed by atoms with Crippen LogP contribution in [0.15, 0.2) is 124 Å². The molecule has 6 aromatic rings. The fourth-order valence-corrected chi connectivity index (χ4v) is 7.35. The predicted octanol–water partition coefficient (Wildman–Crippen LogP) is 7.08. The number of carbonyl (C=O) groups excluding carboxylic acids is 1. The second kappa shape index (κ2) is 13.3. The summed E-state index contributed by atoms with van der Waals surface area (Å²) in [6.07, 6.45) is 1.84. The van der Waals surface area contributed by atoms with Crippen LogP contribution in [0.5, 0.6) is 11.5 Å². The summed E-state index contributed by atoms with van der Waals surface area (Å²) in [5, 5.41) is 4.28. The van der Waals surface area contributed by atoms with Crippen LogP contribution in [0.2, 0.25) is 0 Å². The van der Waals surface area contributed by atoms with Crippen LogP contribution in [0.25, 0.3) is 27.6 Å². The summed E-state index contributed by atoms with van der Waals surface area (Å²) in [5.74, 6) is 0.730. The lowest BCUT2D eigenvalue weighted by Gasteiger charge is -2.25. The van der Waals surface area contributed by atoms with E-state index < -0.39 is 12.0 Å². The van der Waals surface area contributed by atoms with Gasteiger partial charge in [-0.25, -0.2) is 9.79 Å². The minimum atomic E-state index is -0.697. The summed E-state index contributed by atoms with van der Waals surface area (Å²) in [4.78, 5) is 32.9. The molecule has 0 fully saturated rings. The summed E-state index contributed by atoms with van der Waals surface area (Å²) < 4.78 is 19.9. The van der Waals surface area contributed by atoms with Gasteiger partial charge in [-0.3, -0.25) is 9.36 Å². The van der Waals surface area contributed by atoms with Gasteiger partial charge < -0.3 is 14.2 Å². The molecule has 0 aliphatic carbocycles. The number of allylic oxidation sites excluding steroid dienone is 1. The Morgan fingerprint density at radius 2 is 1.54 bits per heavy atom. The number of carbonyl (C=O) groups is 1. The first-order valence-electron chi connectivity index (χ1n) is 16.0. The lowest BCUT2D eigenvalue weighted by molar-refractivity contribution is -0.139. The molecular weight excluding hydrogens is 621 g/mol. The number of esters is 1. The average Bonchev–Trinajstić information content (AvgIpc) is 3.40. The highest BCUT2D eigenvalue weighted by Gasteiger charge is 2.34. The van der Waals surface area contributed by atoms with Crippen molar-refractivity contribution in [2.24, 2.45) is 4.99 Å². The average molecular weight is 655 g/mol. The van der Waals surface area contributed by atoms with Crippen LogP contribution in [-0.4, -0.2) is 23.8 Å². The summed E-state index contributed by atoms with van der Waals surface area (Å²) in [6.45, 7) is 6.55. The van der Waals surface area contributed by atoms with Crippen molar-refractivity contribution in [3.8, 4) is 11.5 Å². The predicted molar refractivity (Wildman–Crippen MR) is 190 cm³/mol. The first-order valence-corrected chi connectivity index (χ1v) is 16.8. The summed E-state index contributed by atoms with van der Waals surface area (Å²) >= 11 is 1.29. The van der Waals surface area contributed by atoms with Crippen molar-refractivity contribution in [1.82, 2.24) is 4.57 Å². The number of hydrogen-bond donors (Lipinski definition) is 0. The quantitative estimate of drug-likeness (QED) is 0.156. The molecular formula is C40H34N2O5S.